The van der Waals surface area contributed by atoms with Crippen LogP contribution >= 0.6 is 0 Å². The molecule has 2 aromatic heterocycles. The van der Waals surface area contributed by atoms with Crippen molar-refractivity contribution in [3.05, 3.63) is 101 Å². The van der Waals surface area contributed by atoms with Crippen molar-refractivity contribution in [2.75, 3.05) is 0 Å². The van der Waals surface area contributed by atoms with Gasteiger partial charge in [0.05, 0.1) is 12.7 Å². The van der Waals surface area contributed by atoms with Gasteiger partial charge in [-0.2, -0.15) is 4.57 Å². The number of para-hydroxylation sites is 3. The largest absolute Gasteiger partial charge is 0.312 e. The molecular formula is C28H28N3+. The summed E-state index contributed by atoms with van der Waals surface area (Å²) in [5.41, 5.74) is 11.2. The lowest BCUT2D eigenvalue weighted by Crippen LogP contribution is -2.31. The monoisotopic (exact) mass is 406 g/mol. The lowest BCUT2D eigenvalue weighted by molar-refractivity contribution is -0.634. The minimum Gasteiger partial charge on any atom is -0.309 e. The number of imidazole rings is 1. The second kappa shape index (κ2) is 7.28. The Labute approximate surface area is 183 Å². The molecule has 0 spiro atoms. The van der Waals surface area contributed by atoms with Crippen LogP contribution in [0.3, 0.4) is 0 Å². The lowest BCUT2D eigenvalue weighted by atomic mass is 10.0. The third kappa shape index (κ3) is 3.00. The van der Waals surface area contributed by atoms with Gasteiger partial charge in [-0.15, -0.1) is 0 Å². The highest BCUT2D eigenvalue weighted by atomic mass is 15.2. The van der Waals surface area contributed by atoms with Crippen LogP contribution in [0, 0.1) is 27.7 Å². The molecule has 5 aromatic rings. The highest BCUT2D eigenvalue weighted by molar-refractivity contribution is 5.79. The van der Waals surface area contributed by atoms with E-state index in [0.29, 0.717) is 0 Å². The molecule has 0 bridgehead atoms. The zero-order valence-electron chi connectivity index (χ0n) is 18.8. The summed E-state index contributed by atoms with van der Waals surface area (Å²) >= 11 is 0. The number of fused-ring (bicyclic) bond motifs is 1. The molecule has 0 saturated heterocycles. The third-order valence-corrected chi connectivity index (χ3v) is 6.20. The second-order valence-corrected chi connectivity index (χ2v) is 8.51. The summed E-state index contributed by atoms with van der Waals surface area (Å²) in [6.07, 6.45) is 2.21. The molecule has 0 aliphatic heterocycles. The lowest BCUT2D eigenvalue weighted by Gasteiger charge is -2.16. The first-order valence-corrected chi connectivity index (χ1v) is 10.8. The standard InChI is InChI=1S/C28H28N3/c1-19-17-21(3)26(22(4)18-19)30-16-15-20(2)27(30)28-29(5)24-13-9-10-14-25(24)31(28)23-11-7-6-8-12-23/h6-18H,1-5H3/q+1. The summed E-state index contributed by atoms with van der Waals surface area (Å²) in [4.78, 5) is 0. The molecule has 2 heterocycles. The SMILES string of the molecule is Cc1cc(C)c(-n2ccc(C)c2-c2n(-c3ccccc3)c3ccccc3[n+]2C)c(C)c1. The molecule has 0 amide bonds. The predicted molar refractivity (Wildman–Crippen MR) is 128 cm³/mol. The van der Waals surface area contributed by atoms with E-state index in [1.165, 1.54) is 56.2 Å². The molecule has 31 heavy (non-hydrogen) atoms. The molecule has 3 heteroatoms. The maximum absolute atomic E-state index is 2.38. The van der Waals surface area contributed by atoms with E-state index in [9.17, 15) is 0 Å². The molecule has 0 radical (unpaired) electrons. The molecule has 0 fully saturated rings. The van der Waals surface area contributed by atoms with Crippen molar-refractivity contribution in [1.29, 1.82) is 0 Å². The van der Waals surface area contributed by atoms with Crippen molar-refractivity contribution < 1.29 is 4.57 Å². The summed E-state index contributed by atoms with van der Waals surface area (Å²) < 4.78 is 7.07. The number of aryl methyl sites for hydroxylation is 5. The average Bonchev–Trinajstić information content (AvgIpc) is 3.25. The quantitative estimate of drug-likeness (QED) is 0.319. The Kier molecular flexibility index (Phi) is 4.55. The number of nitrogens with zero attached hydrogens (tertiary/aromatic N) is 3. The average molecular weight is 407 g/mol. The highest BCUT2D eigenvalue weighted by Crippen LogP contribution is 2.33. The van der Waals surface area contributed by atoms with Gasteiger partial charge in [-0.25, -0.2) is 4.57 Å². The van der Waals surface area contributed by atoms with Crippen LogP contribution in [-0.4, -0.2) is 9.13 Å². The van der Waals surface area contributed by atoms with Crippen molar-refractivity contribution in [3.63, 3.8) is 0 Å². The number of benzene rings is 3. The maximum Gasteiger partial charge on any atom is 0.312 e. The summed E-state index contributed by atoms with van der Waals surface area (Å²) in [5.74, 6) is 1.18. The zero-order chi connectivity index (χ0) is 21.7. The van der Waals surface area contributed by atoms with E-state index >= 15 is 0 Å². The van der Waals surface area contributed by atoms with Crippen LogP contribution in [0.1, 0.15) is 22.3 Å². The Morgan fingerprint density at radius 2 is 1.35 bits per heavy atom. The Morgan fingerprint density at radius 3 is 2.06 bits per heavy atom. The molecule has 5 rings (SSSR count). The minimum absolute atomic E-state index is 1.17. The fraction of sp³-hybridized carbons (Fsp3) is 0.179. The minimum atomic E-state index is 1.17. The highest BCUT2D eigenvalue weighted by Gasteiger charge is 2.30. The van der Waals surface area contributed by atoms with Crippen molar-refractivity contribution in [2.45, 2.75) is 27.7 Å². The topological polar surface area (TPSA) is 13.7 Å². The van der Waals surface area contributed by atoms with Crippen LogP contribution in [0.2, 0.25) is 0 Å². The smallest absolute Gasteiger partial charge is 0.309 e. The van der Waals surface area contributed by atoms with E-state index < -0.39 is 0 Å². The van der Waals surface area contributed by atoms with Gasteiger partial charge in [-0.05, 0) is 74.7 Å². The summed E-state index contributed by atoms with van der Waals surface area (Å²) in [5, 5.41) is 0. The predicted octanol–water partition coefficient (Wildman–Crippen LogP) is 6.15. The van der Waals surface area contributed by atoms with Gasteiger partial charge in [0, 0.05) is 6.20 Å². The molecule has 3 aromatic carbocycles. The molecule has 0 aliphatic rings. The van der Waals surface area contributed by atoms with E-state index in [-0.39, 0.29) is 0 Å². The molecule has 0 saturated carbocycles. The number of hydrogen-bond acceptors (Lipinski definition) is 0. The first-order valence-electron chi connectivity index (χ1n) is 10.8. The molecule has 0 aliphatic carbocycles. The van der Waals surface area contributed by atoms with Gasteiger partial charge in [0.15, 0.2) is 11.0 Å². The molecule has 0 unspecified atom stereocenters. The van der Waals surface area contributed by atoms with Crippen LogP contribution in [0.5, 0.6) is 0 Å². The van der Waals surface area contributed by atoms with E-state index in [1.54, 1.807) is 0 Å². The van der Waals surface area contributed by atoms with Crippen LogP contribution < -0.4 is 4.57 Å². The van der Waals surface area contributed by atoms with Crippen molar-refractivity contribution >= 4 is 11.0 Å². The Hall–Kier alpha value is -3.59. The fourth-order valence-corrected chi connectivity index (χ4v) is 4.97. The molecule has 0 N–H and O–H groups in total. The van der Waals surface area contributed by atoms with E-state index in [4.69, 9.17) is 0 Å². The van der Waals surface area contributed by atoms with E-state index in [2.05, 4.69) is 127 Å². The van der Waals surface area contributed by atoms with Gasteiger partial charge in [-0.3, -0.25) is 0 Å². The number of aromatic nitrogens is 3. The van der Waals surface area contributed by atoms with Crippen LogP contribution in [0.15, 0.2) is 79.0 Å². The van der Waals surface area contributed by atoms with Crippen molar-refractivity contribution in [2.24, 2.45) is 7.05 Å². The third-order valence-electron chi connectivity index (χ3n) is 6.20. The fourth-order valence-electron chi connectivity index (χ4n) is 4.97. The van der Waals surface area contributed by atoms with Gasteiger partial charge in [-0.1, -0.05) is 48.0 Å². The molecule has 3 nitrogen and oxygen atoms in total. The van der Waals surface area contributed by atoms with Gasteiger partial charge < -0.3 is 4.57 Å². The number of hydrogen-bond donors (Lipinski definition) is 0. The Balaban J connectivity index is 1.90. The van der Waals surface area contributed by atoms with E-state index in [1.807, 2.05) is 0 Å². The Bertz CT molecular complexity index is 1390. The number of rotatable bonds is 3. The summed E-state index contributed by atoms with van der Waals surface area (Å²) in [6.45, 7) is 8.79. The first kappa shape index (κ1) is 19.4. The normalized spacial score (nSPS) is 11.4. The summed E-state index contributed by atoms with van der Waals surface area (Å²) in [7, 11) is 2.17. The molecule has 0 atom stereocenters. The molecular weight excluding hydrogens is 378 g/mol. The van der Waals surface area contributed by atoms with Gasteiger partial charge >= 0.3 is 5.82 Å². The van der Waals surface area contributed by atoms with Gasteiger partial charge in [0.1, 0.15) is 11.4 Å². The van der Waals surface area contributed by atoms with Gasteiger partial charge in [0.2, 0.25) is 0 Å². The molecule has 154 valence electrons. The van der Waals surface area contributed by atoms with Crippen LogP contribution in [0.25, 0.3) is 33.9 Å². The van der Waals surface area contributed by atoms with Crippen molar-refractivity contribution in [3.8, 4) is 22.9 Å². The second-order valence-electron chi connectivity index (χ2n) is 8.51. The first-order chi connectivity index (χ1) is 15.0. The van der Waals surface area contributed by atoms with Gasteiger partial charge in [0.25, 0.3) is 0 Å². The zero-order valence-corrected chi connectivity index (χ0v) is 18.8. The summed E-state index contributed by atoms with van der Waals surface area (Å²) in [6, 6.07) is 26.0. The van der Waals surface area contributed by atoms with Crippen LogP contribution in [0.4, 0.5) is 0 Å². The maximum atomic E-state index is 2.38. The van der Waals surface area contributed by atoms with Crippen molar-refractivity contribution in [1.82, 2.24) is 9.13 Å². The van der Waals surface area contributed by atoms with E-state index in [0.717, 1.165) is 0 Å². The Morgan fingerprint density at radius 1 is 0.710 bits per heavy atom. The van der Waals surface area contributed by atoms with Crippen LogP contribution in [-0.2, 0) is 7.05 Å².